The fraction of sp³-hybridized carbons (Fsp3) is 0.133. The van der Waals surface area contributed by atoms with Crippen molar-refractivity contribution in [2.75, 3.05) is 5.73 Å². The second-order valence-corrected chi connectivity index (χ2v) is 4.28. The van der Waals surface area contributed by atoms with E-state index in [0.29, 0.717) is 0 Å². The van der Waals surface area contributed by atoms with E-state index in [4.69, 9.17) is 11.0 Å². The first-order chi connectivity index (χ1) is 10.6. The Morgan fingerprint density at radius 2 is 1.39 bits per heavy atom. The molecule has 0 aliphatic rings. The van der Waals surface area contributed by atoms with Crippen molar-refractivity contribution in [3.05, 3.63) is 65.2 Å². The van der Waals surface area contributed by atoms with Gasteiger partial charge in [-0.15, -0.1) is 0 Å². The first kappa shape index (κ1) is 18.4. The van der Waals surface area contributed by atoms with E-state index in [9.17, 15) is 26.3 Å². The molecule has 0 atom stereocenters. The maximum Gasteiger partial charge on any atom is 0.417 e. The highest BCUT2D eigenvalue weighted by Crippen LogP contribution is 2.32. The van der Waals surface area contributed by atoms with Crippen LogP contribution in [-0.4, -0.2) is 0 Å². The first-order valence-corrected chi connectivity index (χ1v) is 6.04. The van der Waals surface area contributed by atoms with Gasteiger partial charge in [-0.05, 0) is 18.2 Å². The normalized spacial score (nSPS) is 11.2. The van der Waals surface area contributed by atoms with E-state index in [1.807, 2.05) is 0 Å². The van der Waals surface area contributed by atoms with Gasteiger partial charge in [-0.3, -0.25) is 0 Å². The van der Waals surface area contributed by atoms with Crippen LogP contribution in [0.4, 0.5) is 32.0 Å². The molecule has 0 aromatic heterocycles. The largest absolute Gasteiger partial charge is 0.417 e. The van der Waals surface area contributed by atoms with E-state index in [1.165, 1.54) is 24.3 Å². The number of alkyl halides is 6. The number of nitrogen functional groups attached to an aromatic ring is 1. The zero-order valence-corrected chi connectivity index (χ0v) is 11.4. The van der Waals surface area contributed by atoms with E-state index in [2.05, 4.69) is 0 Å². The molecule has 2 nitrogen and oxygen atoms in total. The van der Waals surface area contributed by atoms with Gasteiger partial charge in [-0.2, -0.15) is 31.6 Å². The van der Waals surface area contributed by atoms with Gasteiger partial charge in [0.25, 0.3) is 0 Å². The quantitative estimate of drug-likeness (QED) is 0.553. The summed E-state index contributed by atoms with van der Waals surface area (Å²) in [5.74, 6) is 0. The molecule has 122 valence electrons. The molecule has 0 saturated heterocycles. The number of benzene rings is 2. The minimum Gasteiger partial charge on any atom is -0.399 e. The number of anilines is 1. The smallest absolute Gasteiger partial charge is 0.399 e. The molecule has 8 heteroatoms. The molecule has 0 amide bonds. The van der Waals surface area contributed by atoms with Crippen molar-refractivity contribution in [1.82, 2.24) is 0 Å². The van der Waals surface area contributed by atoms with Gasteiger partial charge in [0.2, 0.25) is 0 Å². The Morgan fingerprint density at radius 3 is 1.78 bits per heavy atom. The minimum atomic E-state index is -4.53. The van der Waals surface area contributed by atoms with E-state index >= 15 is 0 Å². The Balaban J connectivity index is 0.000000238. The van der Waals surface area contributed by atoms with Crippen LogP contribution in [0.2, 0.25) is 0 Å². The molecular formula is C15H10F6N2. The SMILES string of the molecule is FC(F)(F)c1ccccc1.N#Cc1ccc(N)cc1C(F)(F)F. The molecule has 0 aliphatic heterocycles. The van der Waals surface area contributed by atoms with Crippen LogP contribution in [0.5, 0.6) is 0 Å². The van der Waals surface area contributed by atoms with Gasteiger partial charge >= 0.3 is 12.4 Å². The van der Waals surface area contributed by atoms with Gasteiger partial charge in [-0.25, -0.2) is 0 Å². The Kier molecular flexibility index (Phi) is 5.62. The van der Waals surface area contributed by atoms with Crippen LogP contribution in [0.1, 0.15) is 16.7 Å². The number of rotatable bonds is 0. The molecule has 2 rings (SSSR count). The lowest BCUT2D eigenvalue weighted by Crippen LogP contribution is -2.08. The Bertz CT molecular complexity index is 684. The molecule has 2 aromatic carbocycles. The second-order valence-electron chi connectivity index (χ2n) is 4.28. The van der Waals surface area contributed by atoms with Gasteiger partial charge in [0.15, 0.2) is 0 Å². The molecule has 0 heterocycles. The van der Waals surface area contributed by atoms with Crippen LogP contribution in [0.15, 0.2) is 48.5 Å². The van der Waals surface area contributed by atoms with E-state index < -0.39 is 29.0 Å². The summed E-state index contributed by atoms with van der Waals surface area (Å²) in [5, 5.41) is 8.38. The van der Waals surface area contributed by atoms with Gasteiger partial charge in [-0.1, -0.05) is 30.3 Å². The van der Waals surface area contributed by atoms with E-state index in [-0.39, 0.29) is 5.69 Å². The fourth-order valence-corrected chi connectivity index (χ4v) is 1.52. The third-order valence-corrected chi connectivity index (χ3v) is 2.57. The van der Waals surface area contributed by atoms with Crippen molar-refractivity contribution in [3.8, 4) is 6.07 Å². The number of hydrogen-bond acceptors (Lipinski definition) is 2. The molecule has 0 saturated carbocycles. The summed E-state index contributed by atoms with van der Waals surface area (Å²) in [4.78, 5) is 0. The van der Waals surface area contributed by atoms with Gasteiger partial charge in [0, 0.05) is 5.69 Å². The van der Waals surface area contributed by atoms with Crippen LogP contribution in [0, 0.1) is 11.3 Å². The van der Waals surface area contributed by atoms with E-state index in [1.54, 1.807) is 6.07 Å². The van der Waals surface area contributed by atoms with Crippen LogP contribution in [0.3, 0.4) is 0 Å². The number of nitrogens with zero attached hydrogens (tertiary/aromatic N) is 1. The maximum absolute atomic E-state index is 12.2. The molecule has 0 unspecified atom stereocenters. The van der Waals surface area contributed by atoms with Crippen molar-refractivity contribution < 1.29 is 26.3 Å². The summed E-state index contributed by atoms with van der Waals surface area (Å²) in [7, 11) is 0. The molecule has 0 aliphatic carbocycles. The highest BCUT2D eigenvalue weighted by Gasteiger charge is 2.33. The summed E-state index contributed by atoms with van der Waals surface area (Å²) >= 11 is 0. The summed E-state index contributed by atoms with van der Waals surface area (Å²) in [5.41, 5.74) is 3.15. The molecule has 23 heavy (non-hydrogen) atoms. The average Bonchev–Trinajstić information content (AvgIpc) is 2.47. The predicted molar refractivity (Wildman–Crippen MR) is 72.0 cm³/mol. The lowest BCUT2D eigenvalue weighted by molar-refractivity contribution is -0.138. The van der Waals surface area contributed by atoms with Gasteiger partial charge in [0.05, 0.1) is 22.8 Å². The average molecular weight is 332 g/mol. The van der Waals surface area contributed by atoms with Crippen molar-refractivity contribution >= 4 is 5.69 Å². The standard InChI is InChI=1S/C8H5F3N2.C7H5F3/c9-8(10,11)7-3-6(13)2-1-5(7)4-12;8-7(9,10)6-4-2-1-3-5-6/h1-3H,13H2;1-5H. The zero-order valence-electron chi connectivity index (χ0n) is 11.4. The Hall–Kier alpha value is -2.69. The zero-order chi connectivity index (χ0) is 17.7. The summed E-state index contributed by atoms with van der Waals surface area (Å²) in [6.07, 6.45) is -8.73. The third-order valence-electron chi connectivity index (χ3n) is 2.57. The number of nitrogens with two attached hydrogens (primary N) is 1. The summed E-state index contributed by atoms with van der Waals surface area (Å²) in [6, 6.07) is 10.9. The van der Waals surface area contributed by atoms with Crippen molar-refractivity contribution in [2.24, 2.45) is 0 Å². The molecule has 2 aromatic rings. The van der Waals surface area contributed by atoms with Crippen LogP contribution in [-0.2, 0) is 12.4 Å². The van der Waals surface area contributed by atoms with Crippen LogP contribution >= 0.6 is 0 Å². The van der Waals surface area contributed by atoms with E-state index in [0.717, 1.165) is 24.3 Å². The Morgan fingerprint density at radius 1 is 0.826 bits per heavy atom. The lowest BCUT2D eigenvalue weighted by atomic mass is 10.1. The Labute approximate surface area is 127 Å². The molecular weight excluding hydrogens is 322 g/mol. The monoisotopic (exact) mass is 332 g/mol. The highest BCUT2D eigenvalue weighted by atomic mass is 19.4. The van der Waals surface area contributed by atoms with Gasteiger partial charge in [0.1, 0.15) is 0 Å². The number of hydrogen-bond donors (Lipinski definition) is 1. The second kappa shape index (κ2) is 7.05. The molecule has 0 spiro atoms. The number of halogens is 6. The topological polar surface area (TPSA) is 49.8 Å². The highest BCUT2D eigenvalue weighted by molar-refractivity contribution is 5.50. The molecule has 0 bridgehead atoms. The first-order valence-electron chi connectivity index (χ1n) is 6.04. The molecule has 0 radical (unpaired) electrons. The minimum absolute atomic E-state index is 0.00803. The summed E-state index contributed by atoms with van der Waals surface area (Å²) < 4.78 is 72.0. The molecule has 0 fully saturated rings. The molecule has 2 N–H and O–H groups in total. The van der Waals surface area contributed by atoms with Crippen molar-refractivity contribution in [1.29, 1.82) is 5.26 Å². The lowest BCUT2D eigenvalue weighted by Gasteiger charge is -2.08. The maximum atomic E-state index is 12.2. The number of nitriles is 1. The van der Waals surface area contributed by atoms with Crippen molar-refractivity contribution in [3.63, 3.8) is 0 Å². The third kappa shape index (κ3) is 5.54. The van der Waals surface area contributed by atoms with Crippen molar-refractivity contribution in [2.45, 2.75) is 12.4 Å². The van der Waals surface area contributed by atoms with Crippen LogP contribution < -0.4 is 5.73 Å². The van der Waals surface area contributed by atoms with Crippen LogP contribution in [0.25, 0.3) is 0 Å². The predicted octanol–water partition coefficient (Wildman–Crippen LogP) is 4.86. The van der Waals surface area contributed by atoms with Gasteiger partial charge < -0.3 is 5.73 Å². The summed E-state index contributed by atoms with van der Waals surface area (Å²) in [6.45, 7) is 0. The fourth-order valence-electron chi connectivity index (χ4n) is 1.52.